The Labute approximate surface area is 176 Å². The standard InChI is InChI=1S/C20H28BrNO5S/c1-15-6-8-17(9-7-15)28(25,26)22(12-10-16(2)14-21)18(11-13-23)19(24)27-20(3,4)5/h6-10,13,18H,11-12,14H2,1-5H3/b16-10+/t18-/m0/s1. The van der Waals surface area contributed by atoms with E-state index < -0.39 is 27.6 Å². The molecule has 0 bridgehead atoms. The second-order valence-corrected chi connectivity index (χ2v) is 9.97. The number of carbonyl (C=O) groups is 2. The summed E-state index contributed by atoms with van der Waals surface area (Å²) in [5, 5.41) is 0.566. The van der Waals surface area contributed by atoms with Gasteiger partial charge in [0.1, 0.15) is 17.9 Å². The zero-order chi connectivity index (χ0) is 21.5. The summed E-state index contributed by atoms with van der Waals surface area (Å²) < 4.78 is 33.0. The lowest BCUT2D eigenvalue weighted by Gasteiger charge is -2.30. The van der Waals surface area contributed by atoms with Crippen molar-refractivity contribution in [1.82, 2.24) is 4.31 Å². The molecular formula is C20H28BrNO5S. The Morgan fingerprint density at radius 1 is 1.25 bits per heavy atom. The van der Waals surface area contributed by atoms with Crippen LogP contribution in [0, 0.1) is 6.92 Å². The van der Waals surface area contributed by atoms with Crippen molar-refractivity contribution in [2.45, 2.75) is 57.6 Å². The molecule has 0 heterocycles. The summed E-state index contributed by atoms with van der Waals surface area (Å²) in [6.45, 7) is 8.72. The van der Waals surface area contributed by atoms with Crippen molar-refractivity contribution in [3.8, 4) is 0 Å². The molecule has 8 heteroatoms. The number of aryl methyl sites for hydroxylation is 1. The third-order valence-electron chi connectivity index (χ3n) is 3.80. The van der Waals surface area contributed by atoms with E-state index in [0.717, 1.165) is 15.4 Å². The van der Waals surface area contributed by atoms with E-state index in [1.807, 2.05) is 13.8 Å². The SMILES string of the molecule is C/C(=C\CN([C@@H](CC=O)C(=O)OC(C)(C)C)S(=O)(=O)c1ccc(C)cc1)CBr. The molecule has 0 aromatic heterocycles. The summed E-state index contributed by atoms with van der Waals surface area (Å²) in [6, 6.07) is 5.11. The summed E-state index contributed by atoms with van der Waals surface area (Å²) in [6.07, 6.45) is 1.96. The molecule has 0 aliphatic heterocycles. The van der Waals surface area contributed by atoms with Gasteiger partial charge in [0.05, 0.1) is 4.90 Å². The number of aldehydes is 1. The molecule has 0 aliphatic rings. The fraction of sp³-hybridized carbons (Fsp3) is 0.500. The van der Waals surface area contributed by atoms with Crippen LogP contribution in [0.15, 0.2) is 40.8 Å². The van der Waals surface area contributed by atoms with Gasteiger partial charge in [0.25, 0.3) is 0 Å². The first-order valence-corrected chi connectivity index (χ1v) is 11.4. The molecule has 1 atom stereocenters. The summed E-state index contributed by atoms with van der Waals surface area (Å²) in [5.74, 6) is -0.750. The monoisotopic (exact) mass is 473 g/mol. The maximum Gasteiger partial charge on any atom is 0.325 e. The lowest BCUT2D eigenvalue weighted by Crippen LogP contribution is -2.47. The number of rotatable bonds is 9. The minimum absolute atomic E-state index is 0.0502. The van der Waals surface area contributed by atoms with Crippen LogP contribution in [0.2, 0.25) is 0 Å². The van der Waals surface area contributed by atoms with E-state index in [1.165, 1.54) is 12.1 Å². The van der Waals surface area contributed by atoms with E-state index in [1.54, 1.807) is 39.0 Å². The Bertz CT molecular complexity index is 810. The molecule has 0 unspecified atom stereocenters. The number of hydrogen-bond acceptors (Lipinski definition) is 5. The first kappa shape index (κ1) is 24.5. The van der Waals surface area contributed by atoms with E-state index in [-0.39, 0.29) is 17.9 Å². The quantitative estimate of drug-likeness (QED) is 0.236. The molecule has 0 fully saturated rings. The number of halogens is 1. The zero-order valence-corrected chi connectivity index (χ0v) is 19.3. The van der Waals surface area contributed by atoms with Crippen LogP contribution in [0.4, 0.5) is 0 Å². The smallest absolute Gasteiger partial charge is 0.325 e. The summed E-state index contributed by atoms with van der Waals surface area (Å²) >= 11 is 3.32. The van der Waals surface area contributed by atoms with E-state index in [9.17, 15) is 18.0 Å². The summed E-state index contributed by atoms with van der Waals surface area (Å²) in [4.78, 5) is 24.0. The second-order valence-electron chi connectivity index (χ2n) is 7.52. The Morgan fingerprint density at radius 2 is 1.82 bits per heavy atom. The maximum atomic E-state index is 13.3. The largest absolute Gasteiger partial charge is 0.459 e. The van der Waals surface area contributed by atoms with Crippen LogP contribution in [0.25, 0.3) is 0 Å². The molecule has 0 saturated carbocycles. The van der Waals surface area contributed by atoms with Crippen LogP contribution in [0.3, 0.4) is 0 Å². The van der Waals surface area contributed by atoms with Gasteiger partial charge in [-0.25, -0.2) is 8.42 Å². The van der Waals surface area contributed by atoms with Crippen molar-refractivity contribution in [1.29, 1.82) is 0 Å². The molecule has 6 nitrogen and oxygen atoms in total. The number of alkyl halides is 1. The van der Waals surface area contributed by atoms with E-state index in [2.05, 4.69) is 15.9 Å². The van der Waals surface area contributed by atoms with Crippen LogP contribution < -0.4 is 0 Å². The van der Waals surface area contributed by atoms with Gasteiger partial charge in [-0.2, -0.15) is 4.31 Å². The van der Waals surface area contributed by atoms with E-state index >= 15 is 0 Å². The van der Waals surface area contributed by atoms with Crippen molar-refractivity contribution < 1.29 is 22.7 Å². The third kappa shape index (κ3) is 7.14. The van der Waals surface area contributed by atoms with Gasteiger partial charge < -0.3 is 9.53 Å². The highest BCUT2D eigenvalue weighted by atomic mass is 79.9. The van der Waals surface area contributed by atoms with Crippen molar-refractivity contribution in [3.05, 3.63) is 41.5 Å². The van der Waals surface area contributed by atoms with Crippen LogP contribution in [-0.2, 0) is 24.3 Å². The molecule has 0 N–H and O–H groups in total. The Morgan fingerprint density at radius 3 is 2.29 bits per heavy atom. The highest BCUT2D eigenvalue weighted by Crippen LogP contribution is 2.23. The first-order chi connectivity index (χ1) is 12.9. The first-order valence-electron chi connectivity index (χ1n) is 8.89. The number of nitrogens with zero attached hydrogens (tertiary/aromatic N) is 1. The Kier molecular flexibility index (Phi) is 9.04. The maximum absolute atomic E-state index is 13.3. The third-order valence-corrected chi connectivity index (χ3v) is 6.58. The van der Waals surface area contributed by atoms with Crippen LogP contribution in [-0.4, -0.2) is 48.5 Å². The molecule has 0 spiro atoms. The van der Waals surface area contributed by atoms with Crippen LogP contribution in [0.1, 0.15) is 39.7 Å². The Hall–Kier alpha value is -1.51. The van der Waals surface area contributed by atoms with Gasteiger partial charge >= 0.3 is 5.97 Å². The topological polar surface area (TPSA) is 80.8 Å². The molecule has 156 valence electrons. The molecule has 1 aromatic rings. The number of carbonyl (C=O) groups excluding carboxylic acids is 2. The molecule has 0 aliphatic carbocycles. The predicted octanol–water partition coefficient (Wildman–Crippen LogP) is 3.63. The van der Waals surface area contributed by atoms with Gasteiger partial charge in [-0.1, -0.05) is 45.3 Å². The number of esters is 1. The average molecular weight is 474 g/mol. The number of sulfonamides is 1. The van der Waals surface area contributed by atoms with Crippen molar-refractivity contribution >= 4 is 38.2 Å². The van der Waals surface area contributed by atoms with Crippen molar-refractivity contribution in [2.75, 3.05) is 11.9 Å². The summed E-state index contributed by atoms with van der Waals surface area (Å²) in [5.41, 5.74) is 1.01. The number of ether oxygens (including phenoxy) is 1. The number of allylic oxidation sites excluding steroid dienone is 1. The average Bonchev–Trinajstić information content (AvgIpc) is 2.59. The fourth-order valence-corrected chi connectivity index (χ4v) is 4.09. The predicted molar refractivity (Wildman–Crippen MR) is 113 cm³/mol. The van der Waals surface area contributed by atoms with Gasteiger partial charge in [0.15, 0.2) is 0 Å². The lowest BCUT2D eigenvalue weighted by molar-refractivity contribution is -0.160. The minimum Gasteiger partial charge on any atom is -0.459 e. The number of benzene rings is 1. The molecule has 1 rings (SSSR count). The Balaban J connectivity index is 3.43. The lowest BCUT2D eigenvalue weighted by atomic mass is 10.1. The molecular weight excluding hydrogens is 446 g/mol. The molecule has 28 heavy (non-hydrogen) atoms. The molecule has 0 saturated heterocycles. The van der Waals surface area contributed by atoms with Gasteiger partial charge in [0.2, 0.25) is 10.0 Å². The van der Waals surface area contributed by atoms with E-state index in [4.69, 9.17) is 4.74 Å². The van der Waals surface area contributed by atoms with Gasteiger partial charge in [-0.05, 0) is 46.8 Å². The normalized spacial score (nSPS) is 14.0. The van der Waals surface area contributed by atoms with E-state index in [0.29, 0.717) is 11.6 Å². The van der Waals surface area contributed by atoms with Gasteiger partial charge in [-0.3, -0.25) is 4.79 Å². The highest BCUT2D eigenvalue weighted by Gasteiger charge is 2.37. The molecule has 1 aromatic carbocycles. The van der Waals surface area contributed by atoms with Crippen LogP contribution in [0.5, 0.6) is 0 Å². The highest BCUT2D eigenvalue weighted by molar-refractivity contribution is 9.09. The van der Waals surface area contributed by atoms with Gasteiger partial charge in [-0.15, -0.1) is 0 Å². The zero-order valence-electron chi connectivity index (χ0n) is 16.9. The fourth-order valence-electron chi connectivity index (χ4n) is 2.33. The second kappa shape index (κ2) is 10.3. The number of hydrogen-bond donors (Lipinski definition) is 0. The van der Waals surface area contributed by atoms with Crippen LogP contribution >= 0.6 is 15.9 Å². The molecule has 0 amide bonds. The van der Waals surface area contributed by atoms with Crippen molar-refractivity contribution in [3.63, 3.8) is 0 Å². The molecule has 0 radical (unpaired) electrons. The minimum atomic E-state index is -4.03. The van der Waals surface area contributed by atoms with Gasteiger partial charge in [0, 0.05) is 18.3 Å². The summed E-state index contributed by atoms with van der Waals surface area (Å²) in [7, 11) is -4.03. The van der Waals surface area contributed by atoms with Crippen molar-refractivity contribution in [2.24, 2.45) is 0 Å².